The molecular formula is C15H17N3OS. The molecule has 1 N–H and O–H groups in total. The molecule has 0 saturated carbocycles. The van der Waals surface area contributed by atoms with Crippen LogP contribution in [0.5, 0.6) is 0 Å². The molecule has 0 aliphatic heterocycles. The summed E-state index contributed by atoms with van der Waals surface area (Å²) in [7, 11) is 0. The second kappa shape index (κ2) is 6.05. The molecule has 0 radical (unpaired) electrons. The molecule has 104 valence electrons. The van der Waals surface area contributed by atoms with Gasteiger partial charge in [-0.2, -0.15) is 5.10 Å². The van der Waals surface area contributed by atoms with Gasteiger partial charge in [-0.05, 0) is 30.7 Å². The van der Waals surface area contributed by atoms with Crippen LogP contribution in [0.1, 0.15) is 24.1 Å². The van der Waals surface area contributed by atoms with Gasteiger partial charge in [0.1, 0.15) is 5.82 Å². The van der Waals surface area contributed by atoms with Crippen molar-refractivity contribution in [2.24, 2.45) is 5.92 Å². The van der Waals surface area contributed by atoms with E-state index >= 15 is 0 Å². The van der Waals surface area contributed by atoms with E-state index in [-0.39, 0.29) is 11.8 Å². The summed E-state index contributed by atoms with van der Waals surface area (Å²) in [5.74, 6) is 0.963. The molecule has 1 atom stereocenters. The molecule has 0 fully saturated rings. The van der Waals surface area contributed by atoms with E-state index < -0.39 is 0 Å². The molecule has 2 aromatic heterocycles. The topological polar surface area (TPSA) is 46.9 Å². The second-order valence-electron chi connectivity index (χ2n) is 4.92. The van der Waals surface area contributed by atoms with Crippen molar-refractivity contribution >= 4 is 23.1 Å². The Morgan fingerprint density at radius 1 is 1.45 bits per heavy atom. The van der Waals surface area contributed by atoms with Gasteiger partial charge in [-0.25, -0.2) is 4.68 Å². The van der Waals surface area contributed by atoms with E-state index in [0.717, 1.165) is 25.1 Å². The first kappa shape index (κ1) is 13.1. The number of rotatable bonds is 4. The fourth-order valence-electron chi connectivity index (χ4n) is 2.38. The number of nitrogens with one attached hydrogen (secondary N) is 1. The molecule has 3 rings (SSSR count). The Morgan fingerprint density at radius 2 is 2.40 bits per heavy atom. The molecule has 5 heteroatoms. The fraction of sp³-hybridized carbons (Fsp3) is 0.333. The smallest absolute Gasteiger partial charge is 0.228 e. The molecular weight excluding hydrogens is 270 g/mol. The number of thiophene rings is 1. The van der Waals surface area contributed by atoms with Crippen LogP contribution >= 0.6 is 11.3 Å². The van der Waals surface area contributed by atoms with Crippen LogP contribution in [0.15, 0.2) is 41.9 Å². The van der Waals surface area contributed by atoms with E-state index in [0.29, 0.717) is 6.54 Å². The van der Waals surface area contributed by atoms with Gasteiger partial charge in [-0.15, -0.1) is 11.3 Å². The van der Waals surface area contributed by atoms with E-state index in [1.54, 1.807) is 17.5 Å². The minimum absolute atomic E-state index is 0.0880. The highest BCUT2D eigenvalue weighted by molar-refractivity contribution is 7.09. The van der Waals surface area contributed by atoms with Gasteiger partial charge in [-0.3, -0.25) is 4.79 Å². The highest BCUT2D eigenvalue weighted by Gasteiger charge is 2.19. The van der Waals surface area contributed by atoms with Gasteiger partial charge in [0.05, 0.1) is 12.7 Å². The van der Waals surface area contributed by atoms with E-state index in [4.69, 9.17) is 0 Å². The summed E-state index contributed by atoms with van der Waals surface area (Å²) < 4.78 is 1.84. The third kappa shape index (κ3) is 2.99. The van der Waals surface area contributed by atoms with E-state index in [9.17, 15) is 4.79 Å². The Morgan fingerprint density at radius 3 is 3.15 bits per heavy atom. The number of carbonyl (C=O) groups is 1. The van der Waals surface area contributed by atoms with Crippen LogP contribution in [-0.2, 0) is 11.3 Å². The Bertz CT molecular complexity index is 600. The van der Waals surface area contributed by atoms with Gasteiger partial charge in [0.15, 0.2) is 0 Å². The van der Waals surface area contributed by atoms with Crippen LogP contribution in [0.3, 0.4) is 0 Å². The van der Waals surface area contributed by atoms with E-state index in [1.165, 1.54) is 4.88 Å². The molecule has 2 aromatic rings. The summed E-state index contributed by atoms with van der Waals surface area (Å²) in [6, 6.07) is 5.95. The molecule has 0 bridgehead atoms. The van der Waals surface area contributed by atoms with Crippen molar-refractivity contribution in [1.82, 2.24) is 9.78 Å². The average molecular weight is 287 g/mol. The number of allylic oxidation sites excluding steroid dienone is 2. The summed E-state index contributed by atoms with van der Waals surface area (Å²) in [6.07, 6.45) is 8.73. The van der Waals surface area contributed by atoms with Crippen molar-refractivity contribution in [3.8, 4) is 0 Å². The van der Waals surface area contributed by atoms with Crippen molar-refractivity contribution in [2.75, 3.05) is 5.32 Å². The van der Waals surface area contributed by atoms with Gasteiger partial charge in [-0.1, -0.05) is 18.2 Å². The van der Waals surface area contributed by atoms with Crippen molar-refractivity contribution < 1.29 is 4.79 Å². The lowest BCUT2D eigenvalue weighted by Gasteiger charge is -2.17. The summed E-state index contributed by atoms with van der Waals surface area (Å²) in [6.45, 7) is 0.699. The van der Waals surface area contributed by atoms with Crippen molar-refractivity contribution in [3.63, 3.8) is 0 Å². The van der Waals surface area contributed by atoms with E-state index in [2.05, 4.69) is 28.6 Å². The highest BCUT2D eigenvalue weighted by Crippen LogP contribution is 2.21. The quantitative estimate of drug-likeness (QED) is 0.877. The number of amides is 1. The fourth-order valence-corrected chi connectivity index (χ4v) is 3.06. The monoisotopic (exact) mass is 287 g/mol. The maximum atomic E-state index is 12.2. The third-order valence-electron chi connectivity index (χ3n) is 3.49. The Hall–Kier alpha value is -1.88. The summed E-state index contributed by atoms with van der Waals surface area (Å²) in [5, 5.41) is 9.34. The van der Waals surface area contributed by atoms with Crippen molar-refractivity contribution in [1.29, 1.82) is 0 Å². The zero-order valence-electron chi connectivity index (χ0n) is 11.2. The first-order chi connectivity index (χ1) is 9.83. The van der Waals surface area contributed by atoms with Gasteiger partial charge in [0.2, 0.25) is 5.91 Å². The second-order valence-corrected chi connectivity index (χ2v) is 5.96. The lowest BCUT2D eigenvalue weighted by atomic mass is 9.94. The molecule has 1 unspecified atom stereocenters. The first-order valence-electron chi connectivity index (χ1n) is 6.83. The lowest BCUT2D eigenvalue weighted by Crippen LogP contribution is -2.25. The summed E-state index contributed by atoms with van der Waals surface area (Å²) >= 11 is 1.69. The molecule has 20 heavy (non-hydrogen) atoms. The number of nitrogens with zero attached hydrogens (tertiary/aromatic N) is 2. The number of anilines is 1. The maximum Gasteiger partial charge on any atom is 0.228 e. The van der Waals surface area contributed by atoms with Crippen LogP contribution in [0.4, 0.5) is 5.82 Å². The number of aromatic nitrogens is 2. The average Bonchev–Trinajstić information content (AvgIpc) is 3.13. The van der Waals surface area contributed by atoms with E-state index in [1.807, 2.05) is 22.2 Å². The lowest BCUT2D eigenvalue weighted by molar-refractivity contribution is -0.120. The largest absolute Gasteiger partial charge is 0.311 e. The normalized spacial score (nSPS) is 18.1. The minimum Gasteiger partial charge on any atom is -0.311 e. The third-order valence-corrected chi connectivity index (χ3v) is 4.35. The molecule has 0 aromatic carbocycles. The molecule has 1 aliphatic rings. The van der Waals surface area contributed by atoms with Crippen molar-refractivity contribution in [3.05, 3.63) is 46.8 Å². The Labute approximate surface area is 122 Å². The number of hydrogen-bond donors (Lipinski definition) is 1. The van der Waals surface area contributed by atoms with Crippen LogP contribution in [-0.4, -0.2) is 15.7 Å². The van der Waals surface area contributed by atoms with Crippen LogP contribution in [0.25, 0.3) is 0 Å². The summed E-state index contributed by atoms with van der Waals surface area (Å²) in [4.78, 5) is 13.5. The van der Waals surface area contributed by atoms with Crippen LogP contribution in [0.2, 0.25) is 0 Å². The molecule has 2 heterocycles. The summed E-state index contributed by atoms with van der Waals surface area (Å²) in [5.41, 5.74) is 0. The highest BCUT2D eigenvalue weighted by atomic mass is 32.1. The molecule has 4 nitrogen and oxygen atoms in total. The van der Waals surface area contributed by atoms with Gasteiger partial charge >= 0.3 is 0 Å². The predicted octanol–water partition coefficient (Wildman–Crippen LogP) is 3.29. The molecule has 1 aliphatic carbocycles. The standard InChI is InChI=1S/C15H17N3OS/c19-15(12-5-2-1-3-6-12)17-14-8-9-16-18(14)11-13-7-4-10-20-13/h1-2,4,7-10,12H,3,5-6,11H2,(H,17,19). The predicted molar refractivity (Wildman–Crippen MR) is 80.8 cm³/mol. The minimum atomic E-state index is 0.0880. The zero-order valence-corrected chi connectivity index (χ0v) is 12.0. The van der Waals surface area contributed by atoms with Crippen molar-refractivity contribution in [2.45, 2.75) is 25.8 Å². The first-order valence-corrected chi connectivity index (χ1v) is 7.71. The number of carbonyl (C=O) groups excluding carboxylic acids is 1. The zero-order chi connectivity index (χ0) is 13.8. The molecule has 0 saturated heterocycles. The van der Waals surface area contributed by atoms with Crippen LogP contribution in [0, 0.1) is 5.92 Å². The SMILES string of the molecule is O=C(Nc1ccnn1Cc1cccs1)C1CC=CCC1. The van der Waals surface area contributed by atoms with Gasteiger partial charge in [0.25, 0.3) is 0 Å². The molecule has 1 amide bonds. The van der Waals surface area contributed by atoms with Crippen LogP contribution < -0.4 is 5.32 Å². The number of hydrogen-bond acceptors (Lipinski definition) is 3. The van der Waals surface area contributed by atoms with Gasteiger partial charge in [0, 0.05) is 16.9 Å². The Kier molecular flexibility index (Phi) is 3.97. The van der Waals surface area contributed by atoms with Gasteiger partial charge < -0.3 is 5.32 Å². The Balaban J connectivity index is 1.67. The molecule has 0 spiro atoms. The maximum absolute atomic E-state index is 12.2.